The molecule has 0 saturated carbocycles. The van der Waals surface area contributed by atoms with Crippen molar-refractivity contribution in [2.24, 2.45) is 0 Å². The number of hydrogen-bond acceptors (Lipinski definition) is 4. The van der Waals surface area contributed by atoms with Gasteiger partial charge in [-0.25, -0.2) is 9.18 Å². The number of ether oxygens (including phenoxy) is 1. The highest BCUT2D eigenvalue weighted by Crippen LogP contribution is 2.32. The summed E-state index contributed by atoms with van der Waals surface area (Å²) in [6, 6.07) is 8.78. The third-order valence-electron chi connectivity index (χ3n) is 3.56. The molecule has 22 heavy (non-hydrogen) atoms. The fourth-order valence-electron chi connectivity index (χ4n) is 1.97. The van der Waals surface area contributed by atoms with Gasteiger partial charge in [-0.15, -0.1) is 0 Å². The first kappa shape index (κ1) is 15.8. The average Bonchev–Trinajstić information content (AvgIpc) is 2.51. The Balaban J connectivity index is 2.15. The normalized spacial score (nSPS) is 12.0. The van der Waals surface area contributed by atoms with Gasteiger partial charge in [0.05, 0.1) is 5.56 Å². The molecular weight excluding hydrogens is 287 g/mol. The molecule has 116 valence electrons. The molecule has 0 radical (unpaired) electrons. The lowest BCUT2D eigenvalue weighted by molar-refractivity contribution is 0.0734. The van der Waals surface area contributed by atoms with E-state index in [9.17, 15) is 14.3 Å². The molecule has 2 aromatic rings. The Morgan fingerprint density at radius 2 is 1.86 bits per heavy atom. The minimum Gasteiger partial charge on any atom is -0.504 e. The summed E-state index contributed by atoms with van der Waals surface area (Å²) in [6.07, 6.45) is 0.996. The van der Waals surface area contributed by atoms with Crippen molar-refractivity contribution in [3.05, 3.63) is 53.3 Å². The monoisotopic (exact) mass is 304 g/mol. The van der Waals surface area contributed by atoms with Crippen LogP contribution in [0.25, 0.3) is 0 Å². The molecule has 1 unspecified atom stereocenters. The van der Waals surface area contributed by atoms with Crippen LogP contribution in [-0.4, -0.2) is 16.2 Å². The highest BCUT2D eigenvalue weighted by molar-refractivity contribution is 5.91. The zero-order valence-corrected chi connectivity index (χ0v) is 12.3. The minimum absolute atomic E-state index is 0.177. The quantitative estimate of drug-likeness (QED) is 0.509. The van der Waals surface area contributed by atoms with Crippen molar-refractivity contribution < 1.29 is 24.1 Å². The predicted octanol–water partition coefficient (Wildman–Crippen LogP) is 3.97. The van der Waals surface area contributed by atoms with E-state index in [1.165, 1.54) is 0 Å². The Hall–Kier alpha value is -2.56. The number of phenolic OH excluding ortho intramolecular Hbond substituents is 2. The van der Waals surface area contributed by atoms with Crippen LogP contribution in [-0.2, 0) is 0 Å². The van der Waals surface area contributed by atoms with Crippen LogP contribution in [0.5, 0.6) is 17.2 Å². The summed E-state index contributed by atoms with van der Waals surface area (Å²) in [5.74, 6) is -3.07. The van der Waals surface area contributed by atoms with E-state index in [0.717, 1.165) is 24.1 Å². The molecule has 2 aromatic carbocycles. The van der Waals surface area contributed by atoms with Crippen molar-refractivity contribution in [1.29, 1.82) is 0 Å². The van der Waals surface area contributed by atoms with Crippen LogP contribution in [0.2, 0.25) is 0 Å². The molecule has 0 saturated heterocycles. The summed E-state index contributed by atoms with van der Waals surface area (Å²) < 4.78 is 18.3. The zero-order valence-electron chi connectivity index (χ0n) is 12.3. The van der Waals surface area contributed by atoms with E-state index in [2.05, 4.69) is 13.8 Å². The summed E-state index contributed by atoms with van der Waals surface area (Å²) >= 11 is 0. The standard InChI is InChI=1S/C17H17FO4/c1-3-10(2)11-4-6-12(7-5-11)17(21)22-13-8-14(18)16(20)15(19)9-13/h4-10,19-20H,3H2,1-2H3. The molecule has 0 spiro atoms. The van der Waals surface area contributed by atoms with E-state index >= 15 is 0 Å². The smallest absolute Gasteiger partial charge is 0.343 e. The third kappa shape index (κ3) is 3.36. The Bertz CT molecular complexity index is 657. The van der Waals surface area contributed by atoms with Crippen molar-refractivity contribution in [3.63, 3.8) is 0 Å². The first-order chi connectivity index (χ1) is 10.4. The lowest BCUT2D eigenvalue weighted by atomic mass is 9.98. The lowest BCUT2D eigenvalue weighted by Gasteiger charge is -2.10. The van der Waals surface area contributed by atoms with Gasteiger partial charge in [-0.1, -0.05) is 26.0 Å². The van der Waals surface area contributed by atoms with Gasteiger partial charge >= 0.3 is 5.97 Å². The Morgan fingerprint density at radius 3 is 2.41 bits per heavy atom. The second kappa shape index (κ2) is 6.47. The first-order valence-electron chi connectivity index (χ1n) is 6.96. The lowest BCUT2D eigenvalue weighted by Crippen LogP contribution is -2.08. The van der Waals surface area contributed by atoms with E-state index in [-0.39, 0.29) is 5.75 Å². The SMILES string of the molecule is CCC(C)c1ccc(C(=O)Oc2cc(O)c(O)c(F)c2)cc1. The van der Waals surface area contributed by atoms with Crippen LogP contribution in [0.4, 0.5) is 4.39 Å². The van der Waals surface area contributed by atoms with E-state index in [0.29, 0.717) is 11.5 Å². The van der Waals surface area contributed by atoms with Gasteiger partial charge < -0.3 is 14.9 Å². The molecule has 0 amide bonds. The molecular formula is C17H17FO4. The molecule has 0 heterocycles. The number of hydrogen-bond donors (Lipinski definition) is 2. The fraction of sp³-hybridized carbons (Fsp3) is 0.235. The number of halogens is 1. The van der Waals surface area contributed by atoms with Crippen molar-refractivity contribution in [2.45, 2.75) is 26.2 Å². The van der Waals surface area contributed by atoms with Crippen LogP contribution in [0.15, 0.2) is 36.4 Å². The molecule has 0 aliphatic carbocycles. The summed E-state index contributed by atoms with van der Waals surface area (Å²) in [5.41, 5.74) is 1.44. The predicted molar refractivity (Wildman–Crippen MR) is 79.8 cm³/mol. The van der Waals surface area contributed by atoms with Crippen molar-refractivity contribution in [2.75, 3.05) is 0 Å². The Labute approximate surface area is 127 Å². The molecule has 5 heteroatoms. The molecule has 1 atom stereocenters. The summed E-state index contributed by atoms with van der Waals surface area (Å²) in [6.45, 7) is 4.17. The molecule has 4 nitrogen and oxygen atoms in total. The van der Waals surface area contributed by atoms with Gasteiger partial charge in [0.15, 0.2) is 17.3 Å². The van der Waals surface area contributed by atoms with Gasteiger partial charge in [0.2, 0.25) is 0 Å². The molecule has 0 bridgehead atoms. The maximum atomic E-state index is 13.3. The summed E-state index contributed by atoms with van der Waals surface area (Å²) in [4.78, 5) is 12.0. The van der Waals surface area contributed by atoms with Crippen LogP contribution in [0, 0.1) is 5.82 Å². The van der Waals surface area contributed by atoms with Gasteiger partial charge in [-0.05, 0) is 30.0 Å². The minimum atomic E-state index is -1.06. The summed E-state index contributed by atoms with van der Waals surface area (Å²) in [7, 11) is 0. The highest BCUT2D eigenvalue weighted by Gasteiger charge is 2.14. The topological polar surface area (TPSA) is 66.8 Å². The van der Waals surface area contributed by atoms with Crippen molar-refractivity contribution >= 4 is 5.97 Å². The van der Waals surface area contributed by atoms with Crippen LogP contribution >= 0.6 is 0 Å². The van der Waals surface area contributed by atoms with Gasteiger partial charge in [0.25, 0.3) is 0 Å². The molecule has 0 aliphatic rings. The van der Waals surface area contributed by atoms with Crippen LogP contribution < -0.4 is 4.74 Å². The van der Waals surface area contributed by atoms with Crippen molar-refractivity contribution in [1.82, 2.24) is 0 Å². The van der Waals surface area contributed by atoms with Gasteiger partial charge in [-0.2, -0.15) is 0 Å². The number of benzene rings is 2. The molecule has 2 rings (SSSR count). The largest absolute Gasteiger partial charge is 0.504 e. The third-order valence-corrected chi connectivity index (χ3v) is 3.56. The first-order valence-corrected chi connectivity index (χ1v) is 6.96. The average molecular weight is 304 g/mol. The Kier molecular flexibility index (Phi) is 4.65. The molecule has 0 aliphatic heterocycles. The molecule has 0 fully saturated rings. The number of carbonyl (C=O) groups excluding carboxylic acids is 1. The second-order valence-corrected chi connectivity index (χ2v) is 5.09. The maximum absolute atomic E-state index is 13.3. The van der Waals surface area contributed by atoms with E-state index in [1.54, 1.807) is 12.1 Å². The number of esters is 1. The number of aromatic hydroxyl groups is 2. The highest BCUT2D eigenvalue weighted by atomic mass is 19.1. The van der Waals surface area contributed by atoms with E-state index in [4.69, 9.17) is 9.84 Å². The molecule has 2 N–H and O–H groups in total. The zero-order chi connectivity index (χ0) is 16.3. The maximum Gasteiger partial charge on any atom is 0.343 e. The Morgan fingerprint density at radius 1 is 1.23 bits per heavy atom. The summed E-state index contributed by atoms with van der Waals surface area (Å²) in [5, 5.41) is 18.4. The van der Waals surface area contributed by atoms with E-state index in [1.807, 2.05) is 12.1 Å². The van der Waals surface area contributed by atoms with Gasteiger partial charge in [0.1, 0.15) is 5.75 Å². The van der Waals surface area contributed by atoms with Gasteiger partial charge in [0, 0.05) is 12.1 Å². The van der Waals surface area contributed by atoms with Crippen LogP contribution in [0.1, 0.15) is 42.1 Å². The van der Waals surface area contributed by atoms with Gasteiger partial charge in [-0.3, -0.25) is 0 Å². The fourth-order valence-corrected chi connectivity index (χ4v) is 1.97. The van der Waals surface area contributed by atoms with Crippen molar-refractivity contribution in [3.8, 4) is 17.2 Å². The number of rotatable bonds is 4. The number of phenols is 2. The second-order valence-electron chi connectivity index (χ2n) is 5.09. The molecule has 0 aromatic heterocycles. The van der Waals surface area contributed by atoms with E-state index < -0.39 is 23.3 Å². The number of carbonyl (C=O) groups is 1. The van der Waals surface area contributed by atoms with Crippen LogP contribution in [0.3, 0.4) is 0 Å².